The van der Waals surface area contributed by atoms with Gasteiger partial charge in [0.25, 0.3) is 0 Å². The summed E-state index contributed by atoms with van der Waals surface area (Å²) in [7, 11) is 0. The van der Waals surface area contributed by atoms with E-state index in [2.05, 4.69) is 18.7 Å². The average Bonchev–Trinajstić information content (AvgIpc) is 2.66. The summed E-state index contributed by atoms with van der Waals surface area (Å²) >= 11 is 0. The zero-order valence-electron chi connectivity index (χ0n) is 10.2. The molecule has 1 fully saturated rings. The van der Waals surface area contributed by atoms with E-state index in [4.69, 9.17) is 4.74 Å². The molecule has 15 heavy (non-hydrogen) atoms. The molecule has 2 unspecified atom stereocenters. The van der Waals surface area contributed by atoms with Gasteiger partial charge in [0.1, 0.15) is 6.04 Å². The van der Waals surface area contributed by atoms with Gasteiger partial charge in [0.2, 0.25) is 0 Å². The van der Waals surface area contributed by atoms with Crippen molar-refractivity contribution in [2.75, 3.05) is 13.2 Å². The lowest BCUT2D eigenvalue weighted by atomic mass is 10.1. The Balaban J connectivity index is 2.52. The van der Waals surface area contributed by atoms with Crippen LogP contribution in [-0.2, 0) is 9.53 Å². The molecule has 0 aromatic heterocycles. The molecule has 1 saturated heterocycles. The normalized spacial score (nSPS) is 24.1. The molecule has 1 aliphatic heterocycles. The quantitative estimate of drug-likeness (QED) is 0.656. The van der Waals surface area contributed by atoms with E-state index in [1.165, 1.54) is 6.42 Å². The molecular weight excluding hydrogens is 190 g/mol. The number of likely N-dealkylation sites (tertiary alicyclic amines) is 1. The lowest BCUT2D eigenvalue weighted by Crippen LogP contribution is -2.42. The minimum atomic E-state index is -0.0297. The van der Waals surface area contributed by atoms with Crippen LogP contribution in [0.3, 0.4) is 0 Å². The second kappa shape index (κ2) is 6.11. The molecule has 1 aliphatic rings. The standard InChI is InChI=1S/C12H23NO2/c1-4-7-10(3)13-9-6-8-11(13)12(14)15-5-2/h10-11H,4-9H2,1-3H3. The number of hydrogen-bond acceptors (Lipinski definition) is 3. The number of nitrogens with zero attached hydrogens (tertiary/aromatic N) is 1. The fraction of sp³-hybridized carbons (Fsp3) is 0.917. The Bertz CT molecular complexity index is 206. The second-order valence-corrected chi connectivity index (χ2v) is 4.29. The van der Waals surface area contributed by atoms with Gasteiger partial charge in [-0.25, -0.2) is 0 Å². The second-order valence-electron chi connectivity index (χ2n) is 4.29. The van der Waals surface area contributed by atoms with Crippen LogP contribution >= 0.6 is 0 Å². The predicted molar refractivity (Wildman–Crippen MR) is 60.7 cm³/mol. The van der Waals surface area contributed by atoms with Crippen LogP contribution < -0.4 is 0 Å². The van der Waals surface area contributed by atoms with Gasteiger partial charge in [0, 0.05) is 6.04 Å². The Kier molecular flexibility index (Phi) is 5.09. The fourth-order valence-corrected chi connectivity index (χ4v) is 2.39. The van der Waals surface area contributed by atoms with E-state index < -0.39 is 0 Å². The predicted octanol–water partition coefficient (Wildman–Crippen LogP) is 2.20. The van der Waals surface area contributed by atoms with Crippen molar-refractivity contribution in [1.82, 2.24) is 4.90 Å². The molecule has 0 aromatic rings. The molecule has 0 aromatic carbocycles. The van der Waals surface area contributed by atoms with Gasteiger partial charge in [-0.1, -0.05) is 13.3 Å². The summed E-state index contributed by atoms with van der Waals surface area (Å²) < 4.78 is 5.10. The minimum Gasteiger partial charge on any atom is -0.465 e. The van der Waals surface area contributed by atoms with Gasteiger partial charge in [-0.3, -0.25) is 9.69 Å². The van der Waals surface area contributed by atoms with Gasteiger partial charge in [0.15, 0.2) is 0 Å². The van der Waals surface area contributed by atoms with Crippen molar-refractivity contribution in [2.45, 2.75) is 58.5 Å². The zero-order chi connectivity index (χ0) is 11.3. The first-order valence-electron chi connectivity index (χ1n) is 6.13. The summed E-state index contributed by atoms with van der Waals surface area (Å²) in [6, 6.07) is 0.526. The van der Waals surface area contributed by atoms with Crippen LogP contribution in [-0.4, -0.2) is 36.1 Å². The van der Waals surface area contributed by atoms with Crippen molar-refractivity contribution >= 4 is 5.97 Å². The van der Waals surface area contributed by atoms with Crippen molar-refractivity contribution < 1.29 is 9.53 Å². The highest BCUT2D eigenvalue weighted by Crippen LogP contribution is 2.23. The first kappa shape index (κ1) is 12.5. The van der Waals surface area contributed by atoms with Crippen LogP contribution in [0.15, 0.2) is 0 Å². The molecule has 0 bridgehead atoms. The van der Waals surface area contributed by atoms with Crippen LogP contribution in [0.4, 0.5) is 0 Å². The third-order valence-corrected chi connectivity index (χ3v) is 3.13. The number of carbonyl (C=O) groups is 1. The van der Waals surface area contributed by atoms with E-state index in [0.29, 0.717) is 12.6 Å². The molecule has 1 heterocycles. The molecule has 88 valence electrons. The van der Waals surface area contributed by atoms with Crippen molar-refractivity contribution in [1.29, 1.82) is 0 Å². The Morgan fingerprint density at radius 2 is 2.27 bits per heavy atom. The van der Waals surface area contributed by atoms with Crippen LogP contribution in [0, 0.1) is 0 Å². The molecule has 0 amide bonds. The lowest BCUT2D eigenvalue weighted by molar-refractivity contribution is -0.149. The van der Waals surface area contributed by atoms with E-state index >= 15 is 0 Å². The molecule has 0 saturated carbocycles. The third-order valence-electron chi connectivity index (χ3n) is 3.13. The largest absolute Gasteiger partial charge is 0.465 e. The van der Waals surface area contributed by atoms with E-state index in [9.17, 15) is 4.79 Å². The Morgan fingerprint density at radius 1 is 1.53 bits per heavy atom. The molecule has 0 aliphatic carbocycles. The molecule has 3 heteroatoms. The SMILES string of the molecule is CCCC(C)N1CCCC1C(=O)OCC. The maximum atomic E-state index is 11.7. The molecule has 1 rings (SSSR count). The van der Waals surface area contributed by atoms with Gasteiger partial charge in [-0.05, 0) is 39.7 Å². The number of carbonyl (C=O) groups excluding carboxylic acids is 1. The molecular formula is C12H23NO2. The number of hydrogen-bond donors (Lipinski definition) is 0. The Hall–Kier alpha value is -0.570. The lowest BCUT2D eigenvalue weighted by Gasteiger charge is -2.28. The van der Waals surface area contributed by atoms with E-state index in [1.54, 1.807) is 0 Å². The minimum absolute atomic E-state index is 0.0199. The van der Waals surface area contributed by atoms with Gasteiger partial charge < -0.3 is 4.74 Å². The van der Waals surface area contributed by atoms with Crippen LogP contribution in [0.1, 0.15) is 46.5 Å². The highest BCUT2D eigenvalue weighted by atomic mass is 16.5. The Morgan fingerprint density at radius 3 is 2.87 bits per heavy atom. The van der Waals surface area contributed by atoms with Gasteiger partial charge >= 0.3 is 5.97 Å². The van der Waals surface area contributed by atoms with Crippen molar-refractivity contribution in [3.05, 3.63) is 0 Å². The van der Waals surface area contributed by atoms with Gasteiger partial charge in [0.05, 0.1) is 6.61 Å². The first-order chi connectivity index (χ1) is 7.20. The van der Waals surface area contributed by atoms with Crippen LogP contribution in [0.25, 0.3) is 0 Å². The third kappa shape index (κ3) is 3.20. The summed E-state index contributed by atoms with van der Waals surface area (Å²) in [6.07, 6.45) is 4.42. The summed E-state index contributed by atoms with van der Waals surface area (Å²) in [6.45, 7) is 7.80. The molecule has 3 nitrogen and oxygen atoms in total. The van der Waals surface area contributed by atoms with E-state index in [1.807, 2.05) is 6.92 Å². The Labute approximate surface area is 92.8 Å². The van der Waals surface area contributed by atoms with Gasteiger partial charge in [-0.15, -0.1) is 0 Å². The highest BCUT2D eigenvalue weighted by Gasteiger charge is 2.34. The smallest absolute Gasteiger partial charge is 0.323 e. The van der Waals surface area contributed by atoms with E-state index in [0.717, 1.165) is 25.8 Å². The maximum absolute atomic E-state index is 11.7. The van der Waals surface area contributed by atoms with Crippen molar-refractivity contribution in [3.63, 3.8) is 0 Å². The van der Waals surface area contributed by atoms with E-state index in [-0.39, 0.29) is 12.0 Å². The molecule has 0 N–H and O–H groups in total. The van der Waals surface area contributed by atoms with Crippen LogP contribution in [0.2, 0.25) is 0 Å². The summed E-state index contributed by atoms with van der Waals surface area (Å²) in [5.74, 6) is -0.0297. The number of ether oxygens (including phenoxy) is 1. The summed E-state index contributed by atoms with van der Waals surface area (Å²) in [5, 5.41) is 0. The molecule has 0 radical (unpaired) electrons. The van der Waals surface area contributed by atoms with Gasteiger partial charge in [-0.2, -0.15) is 0 Å². The fourth-order valence-electron chi connectivity index (χ4n) is 2.39. The number of esters is 1. The summed E-state index contributed by atoms with van der Waals surface area (Å²) in [5.41, 5.74) is 0. The highest BCUT2D eigenvalue weighted by molar-refractivity contribution is 5.76. The van der Waals surface area contributed by atoms with Crippen LogP contribution in [0.5, 0.6) is 0 Å². The summed E-state index contributed by atoms with van der Waals surface area (Å²) in [4.78, 5) is 14.0. The van der Waals surface area contributed by atoms with Crippen molar-refractivity contribution in [3.8, 4) is 0 Å². The number of rotatable bonds is 5. The molecule has 0 spiro atoms. The maximum Gasteiger partial charge on any atom is 0.323 e. The average molecular weight is 213 g/mol. The zero-order valence-corrected chi connectivity index (χ0v) is 10.2. The first-order valence-corrected chi connectivity index (χ1v) is 6.13. The van der Waals surface area contributed by atoms with Crippen molar-refractivity contribution in [2.24, 2.45) is 0 Å². The molecule has 2 atom stereocenters. The monoisotopic (exact) mass is 213 g/mol. The topological polar surface area (TPSA) is 29.5 Å².